The Morgan fingerprint density at radius 3 is 3.19 bits per heavy atom. The second-order valence-electron chi connectivity index (χ2n) is 4.80. The average molecular weight is 223 g/mol. The van der Waals surface area contributed by atoms with Crippen LogP contribution in [0.2, 0.25) is 0 Å². The number of nitrogens with one attached hydrogen (secondary N) is 1. The molecule has 0 spiro atoms. The Labute approximate surface area is 97.0 Å². The van der Waals surface area contributed by atoms with Crippen molar-refractivity contribution >= 4 is 5.95 Å². The molecule has 16 heavy (non-hydrogen) atoms. The Hall–Kier alpha value is -1.03. The molecule has 0 aliphatic carbocycles. The molecule has 1 aromatic rings. The average Bonchev–Trinajstić information content (AvgIpc) is 2.75. The molecule has 1 unspecified atom stereocenters. The highest BCUT2D eigenvalue weighted by atomic mass is 16.5. The molecule has 1 aliphatic rings. The van der Waals surface area contributed by atoms with Gasteiger partial charge in [-0.3, -0.25) is 0 Å². The lowest BCUT2D eigenvalue weighted by Crippen LogP contribution is -2.23. The normalized spacial score (nSPS) is 21.3. The van der Waals surface area contributed by atoms with Crippen LogP contribution < -0.4 is 5.32 Å². The van der Waals surface area contributed by atoms with Crippen LogP contribution in [-0.4, -0.2) is 29.3 Å². The summed E-state index contributed by atoms with van der Waals surface area (Å²) in [5.74, 6) is 1.61. The van der Waals surface area contributed by atoms with Crippen molar-refractivity contribution in [3.63, 3.8) is 0 Å². The highest BCUT2D eigenvalue weighted by Gasteiger charge is 2.18. The van der Waals surface area contributed by atoms with Crippen molar-refractivity contribution in [3.8, 4) is 0 Å². The van der Waals surface area contributed by atoms with E-state index >= 15 is 0 Å². The zero-order valence-electron chi connectivity index (χ0n) is 10.1. The Morgan fingerprint density at radius 2 is 2.50 bits per heavy atom. The molecule has 0 saturated carbocycles. The summed E-state index contributed by atoms with van der Waals surface area (Å²) in [4.78, 5) is 4.36. The number of aromatic nitrogens is 2. The third-order valence-corrected chi connectivity index (χ3v) is 2.87. The molecule has 4 heteroatoms. The molecule has 1 aliphatic heterocycles. The maximum atomic E-state index is 5.51. The van der Waals surface area contributed by atoms with Gasteiger partial charge in [0.2, 0.25) is 5.95 Å². The molecule has 1 atom stereocenters. The van der Waals surface area contributed by atoms with E-state index in [1.165, 1.54) is 6.42 Å². The van der Waals surface area contributed by atoms with E-state index in [-0.39, 0.29) is 0 Å². The van der Waals surface area contributed by atoms with E-state index in [1.807, 2.05) is 12.4 Å². The summed E-state index contributed by atoms with van der Waals surface area (Å²) in [6.07, 6.45) is 6.23. The van der Waals surface area contributed by atoms with Crippen LogP contribution in [0.4, 0.5) is 5.95 Å². The Bertz CT molecular complexity index is 316. The van der Waals surface area contributed by atoms with Crippen molar-refractivity contribution in [3.05, 3.63) is 12.4 Å². The Morgan fingerprint density at radius 1 is 1.62 bits per heavy atom. The highest BCUT2D eigenvalue weighted by Crippen LogP contribution is 2.22. The van der Waals surface area contributed by atoms with Crippen LogP contribution >= 0.6 is 0 Å². The van der Waals surface area contributed by atoms with E-state index in [1.54, 1.807) is 0 Å². The second kappa shape index (κ2) is 5.34. The zero-order valence-corrected chi connectivity index (χ0v) is 10.1. The fourth-order valence-corrected chi connectivity index (χ4v) is 1.98. The summed E-state index contributed by atoms with van der Waals surface area (Å²) >= 11 is 0. The number of hydrogen-bond donors (Lipinski definition) is 1. The van der Waals surface area contributed by atoms with Crippen molar-refractivity contribution < 1.29 is 4.74 Å². The van der Waals surface area contributed by atoms with Crippen LogP contribution in [0, 0.1) is 5.92 Å². The molecule has 1 fully saturated rings. The molecule has 0 bridgehead atoms. The molecule has 0 radical (unpaired) electrons. The molecule has 0 aromatic carbocycles. The molecule has 90 valence electrons. The minimum Gasteiger partial charge on any atom is -0.379 e. The smallest absolute Gasteiger partial charge is 0.203 e. The van der Waals surface area contributed by atoms with E-state index < -0.39 is 0 Å². The lowest BCUT2D eigenvalue weighted by molar-refractivity contribution is 0.0598. The van der Waals surface area contributed by atoms with E-state index in [4.69, 9.17) is 4.74 Å². The van der Waals surface area contributed by atoms with Crippen molar-refractivity contribution in [1.82, 2.24) is 9.55 Å². The molecule has 2 rings (SSSR count). The number of rotatable bonds is 4. The summed E-state index contributed by atoms with van der Waals surface area (Å²) < 4.78 is 7.72. The van der Waals surface area contributed by atoms with E-state index in [0.717, 1.165) is 32.1 Å². The van der Waals surface area contributed by atoms with Gasteiger partial charge in [-0.25, -0.2) is 4.98 Å². The van der Waals surface area contributed by atoms with E-state index in [0.29, 0.717) is 12.0 Å². The van der Waals surface area contributed by atoms with Crippen molar-refractivity contribution in [2.24, 2.45) is 5.92 Å². The number of nitrogens with zero attached hydrogens (tertiary/aromatic N) is 2. The summed E-state index contributed by atoms with van der Waals surface area (Å²) in [5, 5.41) is 3.39. The topological polar surface area (TPSA) is 39.1 Å². The number of imidazole rings is 1. The zero-order chi connectivity index (χ0) is 11.4. The molecular weight excluding hydrogens is 202 g/mol. The van der Waals surface area contributed by atoms with Crippen LogP contribution in [0.25, 0.3) is 0 Å². The Kier molecular flexibility index (Phi) is 3.83. The minimum absolute atomic E-state index is 0.450. The number of anilines is 1. The first-order chi connectivity index (χ1) is 7.77. The predicted octanol–water partition coefficient (Wildman–Crippen LogP) is 2.30. The summed E-state index contributed by atoms with van der Waals surface area (Å²) in [5.41, 5.74) is 0. The fraction of sp³-hybridized carbons (Fsp3) is 0.750. The second-order valence-corrected chi connectivity index (χ2v) is 4.80. The fourth-order valence-electron chi connectivity index (χ4n) is 1.98. The van der Waals surface area contributed by atoms with E-state index in [9.17, 15) is 0 Å². The van der Waals surface area contributed by atoms with Gasteiger partial charge in [-0.2, -0.15) is 0 Å². The van der Waals surface area contributed by atoms with Gasteiger partial charge in [0.1, 0.15) is 0 Å². The molecule has 4 nitrogen and oxygen atoms in total. The standard InChI is InChI=1S/C12H21N3O/c1-10(2)8-14-12-13-5-6-15(12)11-4-3-7-16-9-11/h5-6,10-11H,3-4,7-9H2,1-2H3,(H,13,14). The van der Waals surface area contributed by atoms with Crippen LogP contribution in [0.5, 0.6) is 0 Å². The first-order valence-corrected chi connectivity index (χ1v) is 6.12. The quantitative estimate of drug-likeness (QED) is 0.851. The third kappa shape index (κ3) is 2.76. The van der Waals surface area contributed by atoms with Gasteiger partial charge in [-0.05, 0) is 18.8 Å². The lowest BCUT2D eigenvalue weighted by Gasteiger charge is -2.25. The molecule has 2 heterocycles. The van der Waals surface area contributed by atoms with Crippen molar-refractivity contribution in [1.29, 1.82) is 0 Å². The summed E-state index contributed by atoms with van der Waals surface area (Å²) in [6.45, 7) is 7.07. The van der Waals surface area contributed by atoms with Crippen LogP contribution in [-0.2, 0) is 4.74 Å². The van der Waals surface area contributed by atoms with Gasteiger partial charge in [0, 0.05) is 25.5 Å². The largest absolute Gasteiger partial charge is 0.379 e. The predicted molar refractivity (Wildman–Crippen MR) is 64.6 cm³/mol. The van der Waals surface area contributed by atoms with E-state index in [2.05, 4.69) is 28.7 Å². The van der Waals surface area contributed by atoms with Gasteiger partial charge in [0.25, 0.3) is 0 Å². The van der Waals surface area contributed by atoms with Gasteiger partial charge < -0.3 is 14.6 Å². The number of ether oxygens (including phenoxy) is 1. The third-order valence-electron chi connectivity index (χ3n) is 2.87. The monoisotopic (exact) mass is 223 g/mol. The van der Waals surface area contributed by atoms with Gasteiger partial charge in [0.05, 0.1) is 12.6 Å². The number of hydrogen-bond acceptors (Lipinski definition) is 3. The molecule has 1 saturated heterocycles. The van der Waals surface area contributed by atoms with Crippen LogP contribution in [0.1, 0.15) is 32.7 Å². The van der Waals surface area contributed by atoms with Gasteiger partial charge >= 0.3 is 0 Å². The van der Waals surface area contributed by atoms with Gasteiger partial charge in [-0.1, -0.05) is 13.8 Å². The maximum Gasteiger partial charge on any atom is 0.203 e. The molecule has 1 N–H and O–H groups in total. The lowest BCUT2D eigenvalue weighted by atomic mass is 10.1. The SMILES string of the molecule is CC(C)CNc1nccn1C1CCCOC1. The first-order valence-electron chi connectivity index (χ1n) is 6.12. The minimum atomic E-state index is 0.450. The van der Waals surface area contributed by atoms with Crippen molar-refractivity contribution in [2.75, 3.05) is 25.1 Å². The van der Waals surface area contributed by atoms with Crippen LogP contribution in [0.3, 0.4) is 0 Å². The Balaban J connectivity index is 2.00. The highest BCUT2D eigenvalue weighted by molar-refractivity contribution is 5.26. The first kappa shape index (κ1) is 11.5. The van der Waals surface area contributed by atoms with Crippen molar-refractivity contribution in [2.45, 2.75) is 32.7 Å². The van der Waals surface area contributed by atoms with Gasteiger partial charge in [-0.15, -0.1) is 0 Å². The molecular formula is C12H21N3O. The summed E-state index contributed by atoms with van der Waals surface area (Å²) in [7, 11) is 0. The van der Waals surface area contributed by atoms with Crippen LogP contribution in [0.15, 0.2) is 12.4 Å². The molecule has 0 amide bonds. The van der Waals surface area contributed by atoms with Gasteiger partial charge in [0.15, 0.2) is 0 Å². The maximum absolute atomic E-state index is 5.51. The molecule has 1 aromatic heterocycles. The summed E-state index contributed by atoms with van der Waals surface area (Å²) in [6, 6.07) is 0.450.